The predicted octanol–water partition coefficient (Wildman–Crippen LogP) is 5.35. The van der Waals surface area contributed by atoms with Crippen molar-refractivity contribution >= 4 is 39.4 Å². The maximum Gasteiger partial charge on any atom is 0.353 e. The van der Waals surface area contributed by atoms with Gasteiger partial charge in [-0.2, -0.15) is 13.5 Å². The molecule has 0 spiro atoms. The fourth-order valence-corrected chi connectivity index (χ4v) is 5.48. The second kappa shape index (κ2) is 13.3. The number of urea groups is 1. The second-order valence-electron chi connectivity index (χ2n) is 12.6. The van der Waals surface area contributed by atoms with Gasteiger partial charge in [0.2, 0.25) is 0 Å². The van der Waals surface area contributed by atoms with E-state index in [1.165, 1.54) is 9.58 Å². The number of hydroxylamine groups is 1. The molecule has 1 N–H and O–H groups in total. The third-order valence-electron chi connectivity index (χ3n) is 7.71. The molecule has 0 atom stereocenters. The quantitative estimate of drug-likeness (QED) is 0.259. The molecule has 1 aliphatic heterocycles. The molecule has 2 aromatic heterocycles. The van der Waals surface area contributed by atoms with E-state index < -0.39 is 39.1 Å². The van der Waals surface area contributed by atoms with Crippen LogP contribution in [0.1, 0.15) is 48.1 Å². The molecule has 0 saturated carbocycles. The number of carbonyl (C=O) groups excluding carboxylic acids is 2. The number of halogens is 2. The number of carbonyl (C=O) groups is 2. The molecule has 1 aliphatic rings. The summed E-state index contributed by atoms with van der Waals surface area (Å²) in [6.07, 6.45) is 0.843. The molecule has 3 heterocycles. The lowest BCUT2D eigenvalue weighted by molar-refractivity contribution is 0.0741. The first-order valence-corrected chi connectivity index (χ1v) is 17.0. The Morgan fingerprint density at radius 3 is 2.19 bits per heavy atom. The molecule has 12 nitrogen and oxygen atoms in total. The van der Waals surface area contributed by atoms with Gasteiger partial charge in [-0.05, 0) is 50.2 Å². The molecule has 4 aromatic rings. The van der Waals surface area contributed by atoms with Gasteiger partial charge in [0.1, 0.15) is 17.5 Å². The molecule has 0 aliphatic carbocycles. The lowest BCUT2D eigenvalue weighted by Gasteiger charge is -2.35. The number of aromatic nitrogens is 3. The van der Waals surface area contributed by atoms with E-state index in [2.05, 4.69) is 15.4 Å². The monoisotopic (exact) mass is 681 g/mol. The van der Waals surface area contributed by atoms with Gasteiger partial charge in [0, 0.05) is 43.7 Å². The average Bonchev–Trinajstić information content (AvgIpc) is 3.47. The highest BCUT2D eigenvalue weighted by atomic mass is 32.2. The zero-order valence-corrected chi connectivity index (χ0v) is 28.3. The Kier molecular flexibility index (Phi) is 9.55. The van der Waals surface area contributed by atoms with Gasteiger partial charge in [0.15, 0.2) is 5.82 Å². The van der Waals surface area contributed by atoms with Gasteiger partial charge in [0.05, 0.1) is 34.6 Å². The summed E-state index contributed by atoms with van der Waals surface area (Å²) < 4.78 is 58.9. The first kappa shape index (κ1) is 34.4. The Bertz CT molecular complexity index is 1950. The van der Waals surface area contributed by atoms with Crippen molar-refractivity contribution in [1.29, 1.82) is 0 Å². The van der Waals surface area contributed by atoms with Crippen LogP contribution in [0.2, 0.25) is 0 Å². The van der Waals surface area contributed by atoms with Crippen molar-refractivity contribution in [2.24, 2.45) is 0 Å². The fourth-order valence-electron chi connectivity index (χ4n) is 5.06. The van der Waals surface area contributed by atoms with E-state index >= 15 is 0 Å². The zero-order valence-electron chi connectivity index (χ0n) is 27.5. The van der Waals surface area contributed by atoms with E-state index in [0.29, 0.717) is 52.8 Å². The highest BCUT2D eigenvalue weighted by Gasteiger charge is 2.31. The smallest absolute Gasteiger partial charge is 0.353 e. The van der Waals surface area contributed by atoms with E-state index in [4.69, 9.17) is 4.28 Å². The number of hydrogen-bond acceptors (Lipinski definition) is 8. The highest BCUT2D eigenvalue weighted by molar-refractivity contribution is 7.86. The van der Waals surface area contributed by atoms with E-state index in [-0.39, 0.29) is 24.5 Å². The van der Waals surface area contributed by atoms with Crippen LogP contribution in [0.25, 0.3) is 5.69 Å². The molecule has 3 amide bonds. The van der Waals surface area contributed by atoms with Gasteiger partial charge in [-0.15, -0.1) is 9.35 Å². The first-order valence-electron chi connectivity index (χ1n) is 15.2. The number of nitrogens with one attached hydrogen (secondary N) is 1. The van der Waals surface area contributed by atoms with Crippen LogP contribution in [0.15, 0.2) is 60.7 Å². The average molecular weight is 682 g/mol. The molecular formula is C33H37F2N7O5S. The number of rotatable bonds is 7. The van der Waals surface area contributed by atoms with Crippen LogP contribution in [0.3, 0.4) is 0 Å². The van der Waals surface area contributed by atoms with Crippen molar-refractivity contribution in [2.75, 3.05) is 47.7 Å². The Morgan fingerprint density at radius 2 is 1.60 bits per heavy atom. The summed E-state index contributed by atoms with van der Waals surface area (Å²) in [6, 6.07) is 14.3. The summed E-state index contributed by atoms with van der Waals surface area (Å²) in [7, 11) is -4.17. The molecular weight excluding hydrogens is 644 g/mol. The minimum atomic E-state index is -4.17. The van der Waals surface area contributed by atoms with Crippen molar-refractivity contribution < 1.29 is 31.1 Å². The fraction of sp³-hybridized carbons (Fsp3) is 0.333. The standard InChI is InChI=1S/C33H37F2N7O5S/c1-21-7-10-24(11-8-21)41-30(20-28(38-41)33(3,4)5)42(47-48(6,45)46)32(44)37-27-13-14-29(36-22(27)2)39-15-17-40(18-16-39)31(43)25-12-9-23(34)19-26(25)35/h7-14,19-20H,15-18H2,1-6H3,(H,37,44). The Morgan fingerprint density at radius 1 is 0.938 bits per heavy atom. The topological polar surface area (TPSA) is 130 Å². The first-order chi connectivity index (χ1) is 22.5. The number of amides is 3. The van der Waals surface area contributed by atoms with Crippen LogP contribution in [0, 0.1) is 25.5 Å². The normalized spacial score (nSPS) is 13.8. The molecule has 0 unspecified atom stereocenters. The van der Waals surface area contributed by atoms with Crippen LogP contribution in [-0.4, -0.2) is 72.5 Å². The van der Waals surface area contributed by atoms with Gasteiger partial charge >= 0.3 is 6.03 Å². The van der Waals surface area contributed by atoms with Crippen molar-refractivity contribution in [2.45, 2.75) is 40.0 Å². The minimum absolute atomic E-state index is 0.0712. The summed E-state index contributed by atoms with van der Waals surface area (Å²) in [5, 5.41) is 8.05. The number of benzene rings is 2. The van der Waals surface area contributed by atoms with Gasteiger partial charge < -0.3 is 15.1 Å². The maximum absolute atomic E-state index is 14.2. The van der Waals surface area contributed by atoms with E-state index in [9.17, 15) is 26.8 Å². The Hall–Kier alpha value is -4.89. The van der Waals surface area contributed by atoms with E-state index in [1.54, 1.807) is 37.3 Å². The minimum Gasteiger partial charge on any atom is -0.353 e. The van der Waals surface area contributed by atoms with Crippen molar-refractivity contribution in [3.05, 3.63) is 94.8 Å². The third kappa shape index (κ3) is 7.80. The Labute approximate surface area is 278 Å². The number of hydrogen-bond donors (Lipinski definition) is 1. The summed E-state index contributed by atoms with van der Waals surface area (Å²) in [5.74, 6) is -1.53. The molecule has 254 valence electrons. The van der Waals surface area contributed by atoms with Crippen LogP contribution in [0.4, 0.5) is 30.9 Å². The van der Waals surface area contributed by atoms with Crippen molar-refractivity contribution in [1.82, 2.24) is 19.7 Å². The summed E-state index contributed by atoms with van der Waals surface area (Å²) in [6.45, 7) is 10.8. The molecule has 0 bridgehead atoms. The van der Waals surface area contributed by atoms with Crippen LogP contribution < -0.4 is 15.3 Å². The van der Waals surface area contributed by atoms with Crippen LogP contribution in [-0.2, 0) is 19.8 Å². The van der Waals surface area contributed by atoms with Gasteiger partial charge in [-0.25, -0.2) is 23.2 Å². The highest BCUT2D eigenvalue weighted by Crippen LogP contribution is 2.30. The third-order valence-corrected chi connectivity index (χ3v) is 8.12. The molecule has 1 saturated heterocycles. The summed E-state index contributed by atoms with van der Waals surface area (Å²) in [5.41, 5.74) is 2.31. The largest absolute Gasteiger partial charge is 0.353 e. The molecule has 0 radical (unpaired) electrons. The SMILES string of the molecule is Cc1ccc(-n2nc(C(C)(C)C)cc2N(OS(C)(=O)=O)C(=O)Nc2ccc(N3CCN(C(=O)c4ccc(F)cc4F)CC3)nc2C)cc1. The summed E-state index contributed by atoms with van der Waals surface area (Å²) >= 11 is 0. The lowest BCUT2D eigenvalue weighted by Crippen LogP contribution is -2.49. The Balaban J connectivity index is 1.35. The molecule has 5 rings (SSSR count). The van der Waals surface area contributed by atoms with Gasteiger partial charge in [-0.1, -0.05) is 38.5 Å². The van der Waals surface area contributed by atoms with Crippen molar-refractivity contribution in [3.8, 4) is 5.69 Å². The number of nitrogens with zero attached hydrogens (tertiary/aromatic N) is 6. The molecule has 15 heteroatoms. The number of anilines is 3. The molecule has 1 fully saturated rings. The van der Waals surface area contributed by atoms with Crippen LogP contribution >= 0.6 is 0 Å². The zero-order chi connectivity index (χ0) is 35.0. The molecule has 48 heavy (non-hydrogen) atoms. The molecule has 2 aromatic carbocycles. The number of pyridine rings is 1. The van der Waals surface area contributed by atoms with Crippen LogP contribution in [0.5, 0.6) is 0 Å². The predicted molar refractivity (Wildman–Crippen MR) is 178 cm³/mol. The second-order valence-corrected chi connectivity index (χ2v) is 14.2. The number of piperazine rings is 1. The van der Waals surface area contributed by atoms with E-state index in [1.807, 2.05) is 44.7 Å². The number of aryl methyl sites for hydroxylation is 2. The maximum atomic E-state index is 14.2. The summed E-state index contributed by atoms with van der Waals surface area (Å²) in [4.78, 5) is 34.6. The van der Waals surface area contributed by atoms with Gasteiger partial charge in [-0.3, -0.25) is 4.79 Å². The van der Waals surface area contributed by atoms with Gasteiger partial charge in [0.25, 0.3) is 16.0 Å². The van der Waals surface area contributed by atoms with E-state index in [0.717, 1.165) is 24.0 Å². The lowest BCUT2D eigenvalue weighted by atomic mass is 9.92. The van der Waals surface area contributed by atoms with Crippen molar-refractivity contribution in [3.63, 3.8) is 0 Å².